The highest BCUT2D eigenvalue weighted by atomic mass is 32.2. The van der Waals surface area contributed by atoms with E-state index in [1.807, 2.05) is 22.8 Å². The number of aromatic nitrogens is 2. The number of nitro benzene ring substituents is 1. The molecular weight excluding hydrogens is 524 g/mol. The Morgan fingerprint density at radius 3 is 2.51 bits per heavy atom. The molecule has 202 valence electrons. The Morgan fingerprint density at radius 2 is 1.82 bits per heavy atom. The molecule has 1 unspecified atom stereocenters. The quantitative estimate of drug-likeness (QED) is 0.133. The predicted molar refractivity (Wildman–Crippen MR) is 145 cm³/mol. The summed E-state index contributed by atoms with van der Waals surface area (Å²) in [6, 6.07) is 15.8. The first-order valence-electron chi connectivity index (χ1n) is 12.4. The lowest BCUT2D eigenvalue weighted by atomic mass is 9.71. The highest BCUT2D eigenvalue weighted by molar-refractivity contribution is 7.98. The van der Waals surface area contributed by atoms with Crippen LogP contribution < -0.4 is 9.47 Å². The van der Waals surface area contributed by atoms with E-state index in [9.17, 15) is 18.9 Å². The first kappa shape index (κ1) is 26.7. The van der Waals surface area contributed by atoms with E-state index in [2.05, 4.69) is 6.92 Å². The number of rotatable bonds is 8. The van der Waals surface area contributed by atoms with E-state index >= 15 is 0 Å². The van der Waals surface area contributed by atoms with Crippen LogP contribution in [-0.4, -0.2) is 28.7 Å². The Labute approximate surface area is 228 Å². The molecule has 0 fully saturated rings. The van der Waals surface area contributed by atoms with Gasteiger partial charge in [0.2, 0.25) is 0 Å². The molecule has 4 aromatic rings. The fourth-order valence-corrected chi connectivity index (χ4v) is 6.36. The molecule has 7 nitrogen and oxygen atoms in total. The molecule has 10 heteroatoms. The van der Waals surface area contributed by atoms with Gasteiger partial charge < -0.3 is 9.47 Å². The summed E-state index contributed by atoms with van der Waals surface area (Å²) in [5.41, 5.74) is 2.77. The Morgan fingerprint density at radius 1 is 1.08 bits per heavy atom. The van der Waals surface area contributed by atoms with Crippen LogP contribution in [0.15, 0.2) is 65.8 Å². The zero-order valence-electron chi connectivity index (χ0n) is 21.7. The van der Waals surface area contributed by atoms with Crippen LogP contribution in [0.4, 0.5) is 14.5 Å². The van der Waals surface area contributed by atoms with Crippen molar-refractivity contribution < 1.29 is 23.2 Å². The molecule has 0 N–H and O–H groups in total. The van der Waals surface area contributed by atoms with E-state index < -0.39 is 16.2 Å². The second-order valence-electron chi connectivity index (χ2n) is 9.54. The predicted octanol–water partition coefficient (Wildman–Crippen LogP) is 7.01. The molecule has 5 rings (SSSR count). The molecule has 0 amide bonds. The van der Waals surface area contributed by atoms with Crippen LogP contribution in [-0.2, 0) is 17.6 Å². The van der Waals surface area contributed by atoms with Gasteiger partial charge in [-0.2, -0.15) is 0 Å². The lowest BCUT2D eigenvalue weighted by Gasteiger charge is -2.36. The fourth-order valence-electron chi connectivity index (χ4n) is 5.30. The SMILES string of the molecule is COc1ccc(C2(C)CCCc3nc(SCc4c(F)cccc4[N+](=O)[O-])n(-c4ccc(F)cc4)c32)cc1OC. The zero-order valence-corrected chi connectivity index (χ0v) is 22.6. The smallest absolute Gasteiger partial charge is 0.276 e. The number of imidazole rings is 1. The van der Waals surface area contributed by atoms with Gasteiger partial charge in [0.1, 0.15) is 11.6 Å². The maximum Gasteiger partial charge on any atom is 0.276 e. The van der Waals surface area contributed by atoms with Gasteiger partial charge >= 0.3 is 0 Å². The third-order valence-electron chi connectivity index (χ3n) is 7.27. The number of nitrogens with zero attached hydrogens (tertiary/aromatic N) is 3. The van der Waals surface area contributed by atoms with Crippen molar-refractivity contribution in [3.8, 4) is 17.2 Å². The summed E-state index contributed by atoms with van der Waals surface area (Å²) in [6.45, 7) is 2.14. The largest absolute Gasteiger partial charge is 0.493 e. The van der Waals surface area contributed by atoms with Crippen LogP contribution in [0.1, 0.15) is 42.3 Å². The first-order valence-corrected chi connectivity index (χ1v) is 13.4. The van der Waals surface area contributed by atoms with Crippen molar-refractivity contribution >= 4 is 17.4 Å². The molecule has 1 atom stereocenters. The van der Waals surface area contributed by atoms with E-state index in [1.165, 1.54) is 42.1 Å². The highest BCUT2D eigenvalue weighted by Crippen LogP contribution is 2.47. The van der Waals surface area contributed by atoms with E-state index in [4.69, 9.17) is 14.5 Å². The number of ether oxygens (including phenoxy) is 2. The lowest BCUT2D eigenvalue weighted by molar-refractivity contribution is -0.385. The number of thioether (sulfide) groups is 1. The van der Waals surface area contributed by atoms with E-state index in [0.29, 0.717) is 22.3 Å². The molecule has 1 aliphatic rings. The van der Waals surface area contributed by atoms with Gasteiger partial charge in [0.05, 0.1) is 36.1 Å². The van der Waals surface area contributed by atoms with Crippen molar-refractivity contribution in [2.75, 3.05) is 14.2 Å². The van der Waals surface area contributed by atoms with Crippen LogP contribution in [0.25, 0.3) is 5.69 Å². The first-order chi connectivity index (χ1) is 18.8. The molecule has 3 aromatic carbocycles. The number of hydrogen-bond donors (Lipinski definition) is 0. The van der Waals surface area contributed by atoms with Crippen molar-refractivity contribution in [2.24, 2.45) is 0 Å². The van der Waals surface area contributed by atoms with Crippen molar-refractivity contribution in [2.45, 2.75) is 42.5 Å². The Kier molecular flexibility index (Phi) is 7.31. The number of nitro groups is 1. The van der Waals surface area contributed by atoms with Gasteiger partial charge in [-0.3, -0.25) is 14.7 Å². The van der Waals surface area contributed by atoms with Crippen molar-refractivity contribution in [1.29, 1.82) is 0 Å². The number of hydrogen-bond acceptors (Lipinski definition) is 6. The molecule has 0 bridgehead atoms. The summed E-state index contributed by atoms with van der Waals surface area (Å²) < 4.78 is 41.6. The molecule has 1 heterocycles. The molecule has 0 aliphatic heterocycles. The minimum Gasteiger partial charge on any atom is -0.493 e. The second kappa shape index (κ2) is 10.7. The summed E-state index contributed by atoms with van der Waals surface area (Å²) in [5.74, 6) is 0.226. The van der Waals surface area contributed by atoms with Crippen molar-refractivity contribution in [3.63, 3.8) is 0 Å². The summed E-state index contributed by atoms with van der Waals surface area (Å²) in [7, 11) is 3.18. The molecule has 0 spiro atoms. The molecule has 0 saturated heterocycles. The minimum atomic E-state index is -0.642. The summed E-state index contributed by atoms with van der Waals surface area (Å²) in [4.78, 5) is 15.9. The number of methoxy groups -OCH3 is 2. The second-order valence-corrected chi connectivity index (χ2v) is 10.5. The normalized spacial score (nSPS) is 16.5. The number of fused-ring (bicyclic) bond motifs is 1. The third-order valence-corrected chi connectivity index (χ3v) is 8.24. The maximum atomic E-state index is 14.7. The van der Waals surface area contributed by atoms with Gasteiger partial charge in [-0.25, -0.2) is 13.8 Å². The molecule has 39 heavy (non-hydrogen) atoms. The van der Waals surface area contributed by atoms with Crippen molar-refractivity contribution in [1.82, 2.24) is 9.55 Å². The summed E-state index contributed by atoms with van der Waals surface area (Å²) >= 11 is 1.22. The average molecular weight is 552 g/mol. The fraction of sp³-hybridized carbons (Fsp3) is 0.276. The van der Waals surface area contributed by atoms with Gasteiger partial charge in [0, 0.05) is 22.9 Å². The number of aryl methyl sites for hydroxylation is 1. The lowest BCUT2D eigenvalue weighted by Crippen LogP contribution is -2.31. The topological polar surface area (TPSA) is 79.4 Å². The minimum absolute atomic E-state index is 0.00165. The molecule has 1 aromatic heterocycles. The van der Waals surface area contributed by atoms with Gasteiger partial charge in [-0.15, -0.1) is 0 Å². The van der Waals surface area contributed by atoms with E-state index in [0.717, 1.165) is 36.2 Å². The average Bonchev–Trinajstić information content (AvgIpc) is 3.32. The standard InChI is InChI=1S/C29H27F2N3O4S/c1-29(18-9-14-25(37-2)26(16-18)38-3)15-5-7-23-27(29)33(20-12-10-19(30)11-13-20)28(32-23)39-17-21-22(31)6-4-8-24(21)34(35)36/h4,6,8-14,16H,5,7,15,17H2,1-3H3. The Balaban J connectivity index is 1.66. The zero-order chi connectivity index (χ0) is 27.7. The Hall–Kier alpha value is -3.92. The molecular formula is C29H27F2N3O4S. The van der Waals surface area contributed by atoms with Gasteiger partial charge in [0.25, 0.3) is 5.69 Å². The number of halogens is 2. The highest BCUT2D eigenvalue weighted by Gasteiger charge is 2.40. The molecule has 1 aliphatic carbocycles. The van der Waals surface area contributed by atoms with Crippen molar-refractivity contribution in [3.05, 3.63) is 105 Å². The van der Waals surface area contributed by atoms with E-state index in [-0.39, 0.29) is 22.8 Å². The van der Waals surface area contributed by atoms with Gasteiger partial charge in [0.15, 0.2) is 16.7 Å². The molecule has 0 saturated carbocycles. The monoisotopic (exact) mass is 551 g/mol. The van der Waals surface area contributed by atoms with Crippen LogP contribution in [0.5, 0.6) is 11.5 Å². The van der Waals surface area contributed by atoms with Crippen LogP contribution in [0.2, 0.25) is 0 Å². The summed E-state index contributed by atoms with van der Waals surface area (Å²) in [5, 5.41) is 12.1. The van der Waals surface area contributed by atoms with E-state index in [1.54, 1.807) is 26.4 Å². The maximum absolute atomic E-state index is 14.7. The molecule has 0 radical (unpaired) electrons. The van der Waals surface area contributed by atoms with Crippen LogP contribution in [0, 0.1) is 21.7 Å². The number of benzene rings is 3. The Bertz CT molecular complexity index is 1540. The van der Waals surface area contributed by atoms with Crippen LogP contribution >= 0.6 is 11.8 Å². The van der Waals surface area contributed by atoms with Crippen LogP contribution in [0.3, 0.4) is 0 Å². The van der Waals surface area contributed by atoms with Gasteiger partial charge in [-0.05, 0) is 74.2 Å². The summed E-state index contributed by atoms with van der Waals surface area (Å²) in [6.07, 6.45) is 2.45. The van der Waals surface area contributed by atoms with Gasteiger partial charge in [-0.1, -0.05) is 23.9 Å². The third kappa shape index (κ3) is 4.85.